The summed E-state index contributed by atoms with van der Waals surface area (Å²) in [6.45, 7) is 0. The van der Waals surface area contributed by atoms with Gasteiger partial charge in [-0.25, -0.2) is 4.98 Å². The normalized spacial score (nSPS) is 18.0. The Morgan fingerprint density at radius 3 is 2.86 bits per heavy atom. The van der Waals surface area contributed by atoms with Gasteiger partial charge in [0.15, 0.2) is 5.13 Å². The van der Waals surface area contributed by atoms with Gasteiger partial charge in [-0.1, -0.05) is 24.4 Å². The Labute approximate surface area is 127 Å². The fraction of sp³-hybridized carbons (Fsp3) is 0.643. The van der Waals surface area contributed by atoms with Crippen LogP contribution in [0.5, 0.6) is 0 Å². The highest BCUT2D eigenvalue weighted by Gasteiger charge is 2.29. The molecule has 2 heterocycles. The van der Waals surface area contributed by atoms with Crippen molar-refractivity contribution >= 4 is 16.5 Å². The fourth-order valence-electron chi connectivity index (χ4n) is 2.96. The number of rotatable bonds is 5. The van der Waals surface area contributed by atoms with Crippen LogP contribution in [-0.2, 0) is 11.2 Å². The summed E-state index contributed by atoms with van der Waals surface area (Å²) in [4.78, 5) is 8.69. The molecule has 0 saturated heterocycles. The third-order valence-corrected chi connectivity index (χ3v) is 4.69. The van der Waals surface area contributed by atoms with Crippen LogP contribution in [0.25, 0.3) is 0 Å². The summed E-state index contributed by atoms with van der Waals surface area (Å²) in [6.07, 6.45) is 6.62. The average Bonchev–Trinajstić information content (AvgIpc) is 3.11. The molecule has 7 heteroatoms. The van der Waals surface area contributed by atoms with E-state index in [2.05, 4.69) is 15.1 Å². The highest BCUT2D eigenvalue weighted by Crippen LogP contribution is 2.35. The first kappa shape index (κ1) is 14.5. The predicted molar refractivity (Wildman–Crippen MR) is 80.0 cm³/mol. The van der Waals surface area contributed by atoms with Gasteiger partial charge in [-0.3, -0.25) is 0 Å². The zero-order valence-corrected chi connectivity index (χ0v) is 12.9. The number of aromatic nitrogens is 3. The van der Waals surface area contributed by atoms with Gasteiger partial charge in [0.1, 0.15) is 6.10 Å². The summed E-state index contributed by atoms with van der Waals surface area (Å²) in [6, 6.07) is 0. The van der Waals surface area contributed by atoms with E-state index in [0.717, 1.165) is 5.69 Å². The molecule has 0 aromatic carbocycles. The molecule has 3 rings (SSSR count). The standard InChI is InChI=1S/C14H20N4O2S/c1-19-12(9-5-3-2-4-6-9)13-17-11(20-18-13)7-10-8-21-14(15)16-10/h8-9,12H,2-7H2,1H3,(H2,15,16). The molecule has 0 aliphatic heterocycles. The Balaban J connectivity index is 1.70. The highest BCUT2D eigenvalue weighted by molar-refractivity contribution is 7.13. The Kier molecular flexibility index (Phi) is 4.50. The lowest BCUT2D eigenvalue weighted by Gasteiger charge is -2.26. The molecule has 1 atom stereocenters. The molecule has 2 N–H and O–H groups in total. The lowest BCUT2D eigenvalue weighted by Crippen LogP contribution is -2.19. The van der Waals surface area contributed by atoms with E-state index < -0.39 is 0 Å². The summed E-state index contributed by atoms with van der Waals surface area (Å²) in [7, 11) is 1.72. The third kappa shape index (κ3) is 3.41. The van der Waals surface area contributed by atoms with Gasteiger partial charge >= 0.3 is 0 Å². The minimum atomic E-state index is -0.0664. The van der Waals surface area contributed by atoms with E-state index in [9.17, 15) is 0 Å². The van der Waals surface area contributed by atoms with Gasteiger partial charge in [-0.15, -0.1) is 11.3 Å². The number of thiazole rings is 1. The van der Waals surface area contributed by atoms with Crippen molar-refractivity contribution in [2.45, 2.75) is 44.6 Å². The molecule has 0 amide bonds. The van der Waals surface area contributed by atoms with E-state index in [1.54, 1.807) is 7.11 Å². The van der Waals surface area contributed by atoms with E-state index >= 15 is 0 Å². The second-order valence-electron chi connectivity index (χ2n) is 5.45. The summed E-state index contributed by atoms with van der Waals surface area (Å²) < 4.78 is 11.0. The SMILES string of the molecule is COC(c1noc(Cc2csc(N)n2)n1)C1CCCCC1. The molecule has 1 fully saturated rings. The summed E-state index contributed by atoms with van der Waals surface area (Å²) in [5, 5.41) is 6.57. The van der Waals surface area contributed by atoms with E-state index in [1.165, 1.54) is 43.4 Å². The molecule has 0 bridgehead atoms. The molecule has 0 spiro atoms. The zero-order valence-electron chi connectivity index (χ0n) is 12.1. The smallest absolute Gasteiger partial charge is 0.232 e. The van der Waals surface area contributed by atoms with Crippen molar-refractivity contribution < 1.29 is 9.26 Å². The molecule has 1 aliphatic rings. The van der Waals surface area contributed by atoms with Crippen LogP contribution in [0.4, 0.5) is 5.13 Å². The van der Waals surface area contributed by atoms with Gasteiger partial charge in [0, 0.05) is 12.5 Å². The van der Waals surface area contributed by atoms with Crippen LogP contribution in [0.3, 0.4) is 0 Å². The topological polar surface area (TPSA) is 87.1 Å². The zero-order chi connectivity index (χ0) is 14.7. The molecular formula is C14H20N4O2S. The van der Waals surface area contributed by atoms with Crippen molar-refractivity contribution in [2.24, 2.45) is 5.92 Å². The van der Waals surface area contributed by atoms with Crippen LogP contribution in [0, 0.1) is 5.92 Å². The Bertz CT molecular complexity index is 577. The minimum absolute atomic E-state index is 0.0664. The number of hydrogen-bond donors (Lipinski definition) is 1. The largest absolute Gasteiger partial charge is 0.375 e. The monoisotopic (exact) mass is 308 g/mol. The quantitative estimate of drug-likeness (QED) is 0.913. The van der Waals surface area contributed by atoms with E-state index in [-0.39, 0.29) is 6.10 Å². The van der Waals surface area contributed by atoms with Crippen molar-refractivity contribution in [3.8, 4) is 0 Å². The van der Waals surface area contributed by atoms with Gasteiger partial charge in [0.25, 0.3) is 0 Å². The van der Waals surface area contributed by atoms with Crippen LogP contribution in [-0.4, -0.2) is 22.2 Å². The van der Waals surface area contributed by atoms with Crippen LogP contribution in [0.1, 0.15) is 55.6 Å². The Hall–Kier alpha value is -1.47. The van der Waals surface area contributed by atoms with E-state index in [1.807, 2.05) is 5.38 Å². The van der Waals surface area contributed by atoms with Crippen molar-refractivity contribution in [3.05, 3.63) is 22.8 Å². The Morgan fingerprint density at radius 1 is 1.38 bits per heavy atom. The van der Waals surface area contributed by atoms with Crippen molar-refractivity contribution in [1.29, 1.82) is 0 Å². The molecule has 2 aromatic rings. The summed E-state index contributed by atoms with van der Waals surface area (Å²) in [5.74, 6) is 1.71. The molecule has 1 aliphatic carbocycles. The maximum absolute atomic E-state index is 5.63. The molecule has 21 heavy (non-hydrogen) atoms. The average molecular weight is 308 g/mol. The van der Waals surface area contributed by atoms with Crippen LogP contribution in [0.2, 0.25) is 0 Å². The second kappa shape index (κ2) is 6.53. The highest BCUT2D eigenvalue weighted by atomic mass is 32.1. The van der Waals surface area contributed by atoms with Crippen LogP contribution >= 0.6 is 11.3 Å². The minimum Gasteiger partial charge on any atom is -0.375 e. The molecule has 0 radical (unpaired) electrons. The lowest BCUT2D eigenvalue weighted by molar-refractivity contribution is 0.0273. The molecule has 114 valence electrons. The number of hydrogen-bond acceptors (Lipinski definition) is 7. The molecule has 2 aromatic heterocycles. The maximum atomic E-state index is 5.63. The van der Waals surface area contributed by atoms with Crippen molar-refractivity contribution in [3.63, 3.8) is 0 Å². The second-order valence-corrected chi connectivity index (χ2v) is 6.34. The number of nitrogens with two attached hydrogens (primary N) is 1. The van der Waals surface area contributed by atoms with Gasteiger partial charge in [-0.2, -0.15) is 4.98 Å². The maximum Gasteiger partial charge on any atom is 0.232 e. The summed E-state index contributed by atoms with van der Waals surface area (Å²) >= 11 is 1.42. The van der Waals surface area contributed by atoms with Crippen LogP contribution < -0.4 is 5.73 Å². The predicted octanol–water partition coefficient (Wildman–Crippen LogP) is 2.97. The summed E-state index contributed by atoms with van der Waals surface area (Å²) in [5.41, 5.74) is 6.49. The fourth-order valence-corrected chi connectivity index (χ4v) is 3.52. The first-order valence-electron chi connectivity index (χ1n) is 7.31. The molecular weight excluding hydrogens is 288 g/mol. The van der Waals surface area contributed by atoms with Gasteiger partial charge in [0.05, 0.1) is 12.1 Å². The van der Waals surface area contributed by atoms with E-state index in [0.29, 0.717) is 29.2 Å². The number of nitrogens with zero attached hydrogens (tertiary/aromatic N) is 3. The number of nitrogen functional groups attached to an aromatic ring is 1. The van der Waals surface area contributed by atoms with Gasteiger partial charge < -0.3 is 15.0 Å². The van der Waals surface area contributed by atoms with E-state index in [4.69, 9.17) is 15.0 Å². The number of methoxy groups -OCH3 is 1. The van der Waals surface area contributed by atoms with Crippen LogP contribution in [0.15, 0.2) is 9.90 Å². The number of ether oxygens (including phenoxy) is 1. The first-order valence-corrected chi connectivity index (χ1v) is 8.19. The van der Waals surface area contributed by atoms with Crippen molar-refractivity contribution in [2.75, 3.05) is 12.8 Å². The van der Waals surface area contributed by atoms with Gasteiger partial charge in [-0.05, 0) is 18.8 Å². The Morgan fingerprint density at radius 2 is 2.19 bits per heavy atom. The number of anilines is 1. The first-order chi connectivity index (χ1) is 10.3. The lowest BCUT2D eigenvalue weighted by atomic mass is 9.85. The third-order valence-electron chi connectivity index (χ3n) is 3.97. The van der Waals surface area contributed by atoms with Crippen molar-refractivity contribution in [1.82, 2.24) is 15.1 Å². The molecule has 1 saturated carbocycles. The molecule has 6 nitrogen and oxygen atoms in total. The molecule has 1 unspecified atom stereocenters. The van der Waals surface area contributed by atoms with Gasteiger partial charge in [0.2, 0.25) is 11.7 Å².